The first-order chi connectivity index (χ1) is 8.92. The van der Waals surface area contributed by atoms with Crippen LogP contribution in [-0.2, 0) is 0 Å². The van der Waals surface area contributed by atoms with E-state index >= 15 is 0 Å². The molecule has 1 heteroatoms. The van der Waals surface area contributed by atoms with Crippen LogP contribution in [0.5, 0.6) is 0 Å². The Hall–Kier alpha value is -2.37. The van der Waals surface area contributed by atoms with E-state index in [1.54, 1.807) is 6.08 Å². The summed E-state index contributed by atoms with van der Waals surface area (Å²) in [6.45, 7) is 4.25. The molecule has 88 valence electrons. The third-order valence-corrected chi connectivity index (χ3v) is 2.54. The van der Waals surface area contributed by atoms with E-state index in [0.29, 0.717) is 6.54 Å². The van der Waals surface area contributed by atoms with Crippen LogP contribution in [0, 0.1) is 0 Å². The minimum Gasteiger partial charge on any atom is -0.238 e. The molecule has 0 aliphatic heterocycles. The lowest BCUT2D eigenvalue weighted by atomic mass is 10.00. The van der Waals surface area contributed by atoms with Crippen molar-refractivity contribution in [2.45, 2.75) is 0 Å². The number of nitrogens with zero attached hydrogens (tertiary/aromatic N) is 1. The average Bonchev–Trinajstić information content (AvgIpc) is 2.46. The maximum absolute atomic E-state index is 4.24. The fraction of sp³-hybridized carbons (Fsp3) is 0.0588. The number of hydrogen-bond donors (Lipinski definition) is 0. The Morgan fingerprint density at radius 3 is 1.89 bits per heavy atom. The summed E-state index contributed by atoms with van der Waals surface area (Å²) in [6, 6.07) is 20.4. The van der Waals surface area contributed by atoms with E-state index in [1.165, 1.54) is 0 Å². The summed E-state index contributed by atoms with van der Waals surface area (Å²) in [7, 11) is 0. The summed E-state index contributed by atoms with van der Waals surface area (Å²) in [5.41, 5.74) is 3.26. The third-order valence-electron chi connectivity index (χ3n) is 2.54. The standard InChI is InChI=1S/C17H15N/c1-2-13-18-14-17(15-9-5-3-6-10-15)16-11-7-4-8-12-16/h2-12H,1,13H2. The predicted molar refractivity (Wildman–Crippen MR) is 77.9 cm³/mol. The topological polar surface area (TPSA) is 12.4 Å². The molecule has 0 atom stereocenters. The molecule has 0 spiro atoms. The molecule has 0 aliphatic rings. The highest BCUT2D eigenvalue weighted by Crippen LogP contribution is 2.19. The molecular formula is C17H15N. The third kappa shape index (κ3) is 3.07. The Morgan fingerprint density at radius 2 is 1.44 bits per heavy atom. The molecule has 2 aromatic carbocycles. The van der Waals surface area contributed by atoms with Gasteiger partial charge in [0.05, 0.1) is 12.1 Å². The molecule has 0 aromatic heterocycles. The van der Waals surface area contributed by atoms with Crippen LogP contribution < -0.4 is 0 Å². The molecule has 0 fully saturated rings. The largest absolute Gasteiger partial charge is 0.238 e. The van der Waals surface area contributed by atoms with E-state index in [2.05, 4.69) is 41.7 Å². The molecule has 0 N–H and O–H groups in total. The van der Waals surface area contributed by atoms with Gasteiger partial charge in [0, 0.05) is 0 Å². The second-order valence-electron chi connectivity index (χ2n) is 3.85. The number of hydrogen-bond acceptors (Lipinski definition) is 1. The normalized spacial score (nSPS) is 9.33. The van der Waals surface area contributed by atoms with Crippen LogP contribution in [0.4, 0.5) is 0 Å². The summed E-state index contributed by atoms with van der Waals surface area (Å²) in [5.74, 6) is 3.12. The van der Waals surface area contributed by atoms with Crippen molar-refractivity contribution in [3.8, 4) is 0 Å². The Balaban J connectivity index is 2.49. The van der Waals surface area contributed by atoms with Crippen LogP contribution in [0.3, 0.4) is 0 Å². The fourth-order valence-electron chi connectivity index (χ4n) is 1.69. The van der Waals surface area contributed by atoms with Gasteiger partial charge >= 0.3 is 0 Å². The Morgan fingerprint density at radius 1 is 0.944 bits per heavy atom. The van der Waals surface area contributed by atoms with Crippen LogP contribution in [-0.4, -0.2) is 12.4 Å². The lowest BCUT2D eigenvalue weighted by Crippen LogP contribution is -1.88. The van der Waals surface area contributed by atoms with Crippen LogP contribution in [0.1, 0.15) is 11.1 Å². The summed E-state index contributed by atoms with van der Waals surface area (Å²) in [6.07, 6.45) is 1.76. The highest BCUT2D eigenvalue weighted by atomic mass is 14.7. The molecule has 0 bridgehead atoms. The van der Waals surface area contributed by atoms with Crippen LogP contribution in [0.25, 0.3) is 5.57 Å². The lowest BCUT2D eigenvalue weighted by Gasteiger charge is -2.04. The highest BCUT2D eigenvalue weighted by Gasteiger charge is 2.03. The van der Waals surface area contributed by atoms with Crippen molar-refractivity contribution in [3.05, 3.63) is 84.4 Å². The molecule has 0 saturated heterocycles. The van der Waals surface area contributed by atoms with E-state index in [4.69, 9.17) is 0 Å². The van der Waals surface area contributed by atoms with Crippen molar-refractivity contribution in [1.29, 1.82) is 0 Å². The van der Waals surface area contributed by atoms with Gasteiger partial charge in [0.2, 0.25) is 0 Å². The number of benzene rings is 2. The lowest BCUT2D eigenvalue weighted by molar-refractivity contribution is 1.27. The monoisotopic (exact) mass is 233 g/mol. The first kappa shape index (κ1) is 12.1. The van der Waals surface area contributed by atoms with Crippen LogP contribution >= 0.6 is 0 Å². The van der Waals surface area contributed by atoms with Crippen molar-refractivity contribution < 1.29 is 0 Å². The van der Waals surface area contributed by atoms with Gasteiger partial charge in [-0.15, -0.1) is 6.58 Å². The van der Waals surface area contributed by atoms with Gasteiger partial charge in [-0.1, -0.05) is 66.7 Å². The van der Waals surface area contributed by atoms with Crippen LogP contribution in [0.15, 0.2) is 78.3 Å². The van der Waals surface area contributed by atoms with Gasteiger partial charge in [0.15, 0.2) is 0 Å². The van der Waals surface area contributed by atoms with Gasteiger partial charge in [0.1, 0.15) is 0 Å². The van der Waals surface area contributed by atoms with E-state index < -0.39 is 0 Å². The Kier molecular flexibility index (Phi) is 4.29. The predicted octanol–water partition coefficient (Wildman–Crippen LogP) is 3.97. The van der Waals surface area contributed by atoms with Crippen LogP contribution in [0.2, 0.25) is 0 Å². The molecule has 2 aromatic rings. The van der Waals surface area contributed by atoms with Gasteiger partial charge in [-0.05, 0) is 17.0 Å². The van der Waals surface area contributed by atoms with Gasteiger partial charge < -0.3 is 0 Å². The van der Waals surface area contributed by atoms with E-state index in [9.17, 15) is 0 Å². The Bertz CT molecular complexity index is 520. The summed E-state index contributed by atoms with van der Waals surface area (Å²) < 4.78 is 0. The maximum Gasteiger partial charge on any atom is 0.0662 e. The second kappa shape index (κ2) is 6.39. The van der Waals surface area contributed by atoms with Gasteiger partial charge in [-0.3, -0.25) is 0 Å². The van der Waals surface area contributed by atoms with E-state index in [-0.39, 0.29) is 0 Å². The maximum atomic E-state index is 4.24. The molecule has 0 radical (unpaired) electrons. The SMILES string of the molecule is C=CCN=C=C(c1ccccc1)c1ccccc1. The molecule has 0 unspecified atom stereocenters. The zero-order chi connectivity index (χ0) is 12.6. The van der Waals surface area contributed by atoms with Crippen molar-refractivity contribution in [2.75, 3.05) is 6.54 Å². The molecular weight excluding hydrogens is 218 g/mol. The van der Waals surface area contributed by atoms with Crippen molar-refractivity contribution in [3.63, 3.8) is 0 Å². The van der Waals surface area contributed by atoms with Gasteiger partial charge in [-0.25, -0.2) is 4.99 Å². The molecule has 0 aliphatic carbocycles. The quantitative estimate of drug-likeness (QED) is 0.559. The van der Waals surface area contributed by atoms with E-state index in [0.717, 1.165) is 16.7 Å². The van der Waals surface area contributed by atoms with Crippen molar-refractivity contribution in [2.24, 2.45) is 4.99 Å². The molecule has 2 rings (SSSR count). The minimum absolute atomic E-state index is 0.586. The van der Waals surface area contributed by atoms with Crippen molar-refractivity contribution in [1.82, 2.24) is 0 Å². The summed E-state index contributed by atoms with van der Waals surface area (Å²) in [4.78, 5) is 4.24. The molecule has 1 nitrogen and oxygen atoms in total. The molecule has 0 heterocycles. The highest BCUT2D eigenvalue weighted by molar-refractivity contribution is 5.98. The average molecular weight is 233 g/mol. The number of aliphatic imine (C=N–C) groups is 1. The first-order valence-corrected chi connectivity index (χ1v) is 5.93. The zero-order valence-electron chi connectivity index (χ0n) is 10.2. The summed E-state index contributed by atoms with van der Waals surface area (Å²) >= 11 is 0. The van der Waals surface area contributed by atoms with E-state index in [1.807, 2.05) is 36.4 Å². The van der Waals surface area contributed by atoms with Crippen molar-refractivity contribution >= 4 is 11.4 Å². The molecule has 18 heavy (non-hydrogen) atoms. The smallest absolute Gasteiger partial charge is 0.0662 e. The Labute approximate surface area is 108 Å². The second-order valence-corrected chi connectivity index (χ2v) is 3.85. The number of rotatable bonds is 4. The summed E-state index contributed by atoms with van der Waals surface area (Å²) in [5, 5.41) is 0. The van der Waals surface area contributed by atoms with Gasteiger partial charge in [0.25, 0.3) is 0 Å². The minimum atomic E-state index is 0.586. The molecule has 0 saturated carbocycles. The zero-order valence-corrected chi connectivity index (χ0v) is 10.2. The fourth-order valence-corrected chi connectivity index (χ4v) is 1.69. The first-order valence-electron chi connectivity index (χ1n) is 5.93. The molecule has 0 amide bonds. The van der Waals surface area contributed by atoms with Gasteiger partial charge in [-0.2, -0.15) is 0 Å².